The first kappa shape index (κ1) is 16.8. The molecule has 1 aliphatic heterocycles. The molecule has 0 aliphatic carbocycles. The molecule has 1 unspecified atom stereocenters. The number of rotatable bonds is 6. The van der Waals surface area contributed by atoms with Gasteiger partial charge in [-0.05, 0) is 24.1 Å². The normalized spacial score (nSPS) is 13.9. The van der Waals surface area contributed by atoms with Crippen molar-refractivity contribution in [1.82, 2.24) is 0 Å². The smallest absolute Gasteiger partial charge is 0.347 e. The maximum Gasteiger partial charge on any atom is 0.347 e. The predicted molar refractivity (Wildman–Crippen MR) is 91.5 cm³/mol. The van der Waals surface area contributed by atoms with Gasteiger partial charge in [-0.25, -0.2) is 4.79 Å². The van der Waals surface area contributed by atoms with Gasteiger partial charge in [0.15, 0.2) is 12.7 Å². The first-order chi connectivity index (χ1) is 12.2. The molecule has 25 heavy (non-hydrogen) atoms. The number of ether oxygens (including phenoxy) is 3. The third kappa shape index (κ3) is 4.29. The number of fused-ring (bicyclic) bond motifs is 1. The first-order valence-electron chi connectivity index (χ1n) is 8.09. The molecule has 0 aromatic heterocycles. The molecule has 130 valence electrons. The van der Waals surface area contributed by atoms with Crippen molar-refractivity contribution in [3.05, 3.63) is 54.1 Å². The van der Waals surface area contributed by atoms with E-state index in [9.17, 15) is 9.59 Å². The van der Waals surface area contributed by atoms with Crippen LogP contribution in [0, 0.1) is 0 Å². The Hall–Kier alpha value is -3.02. The lowest BCUT2D eigenvalue weighted by molar-refractivity contribution is -0.153. The lowest BCUT2D eigenvalue weighted by Gasteiger charge is -2.20. The quantitative estimate of drug-likeness (QED) is 0.818. The van der Waals surface area contributed by atoms with E-state index in [0.717, 1.165) is 5.56 Å². The van der Waals surface area contributed by atoms with Crippen molar-refractivity contribution in [3.63, 3.8) is 0 Å². The second-order valence-electron chi connectivity index (χ2n) is 5.60. The van der Waals surface area contributed by atoms with Crippen molar-refractivity contribution in [2.75, 3.05) is 11.9 Å². The average Bonchev–Trinajstić information content (AvgIpc) is 2.64. The van der Waals surface area contributed by atoms with Crippen LogP contribution >= 0.6 is 0 Å². The van der Waals surface area contributed by atoms with Crippen LogP contribution in [0.2, 0.25) is 0 Å². The Kier molecular flexibility index (Phi) is 5.18. The molecule has 0 bridgehead atoms. The highest BCUT2D eigenvalue weighted by Gasteiger charge is 2.22. The Morgan fingerprint density at radius 2 is 2.04 bits per heavy atom. The maximum atomic E-state index is 12.3. The summed E-state index contributed by atoms with van der Waals surface area (Å²) >= 11 is 0. The van der Waals surface area contributed by atoms with Gasteiger partial charge in [0.05, 0.1) is 5.69 Å². The van der Waals surface area contributed by atoms with E-state index >= 15 is 0 Å². The fourth-order valence-corrected chi connectivity index (χ4v) is 2.42. The predicted octanol–water partition coefficient (Wildman–Crippen LogP) is 2.92. The van der Waals surface area contributed by atoms with E-state index in [1.807, 2.05) is 37.3 Å². The minimum absolute atomic E-state index is 0.00337. The van der Waals surface area contributed by atoms with Crippen LogP contribution in [0.25, 0.3) is 0 Å². The summed E-state index contributed by atoms with van der Waals surface area (Å²) in [6.07, 6.45) is -0.255. The first-order valence-corrected chi connectivity index (χ1v) is 8.09. The fourth-order valence-electron chi connectivity index (χ4n) is 2.42. The molecule has 1 N–H and O–H groups in total. The molecular weight excluding hydrogens is 322 g/mol. The van der Waals surface area contributed by atoms with E-state index in [0.29, 0.717) is 23.6 Å². The van der Waals surface area contributed by atoms with Crippen molar-refractivity contribution in [2.24, 2.45) is 0 Å². The van der Waals surface area contributed by atoms with Gasteiger partial charge < -0.3 is 19.5 Å². The second kappa shape index (κ2) is 7.70. The molecule has 1 amide bonds. The highest BCUT2D eigenvalue weighted by Crippen LogP contribution is 2.32. The Morgan fingerprint density at radius 1 is 1.24 bits per heavy atom. The number of hydrogen-bond donors (Lipinski definition) is 1. The van der Waals surface area contributed by atoms with E-state index in [1.165, 1.54) is 0 Å². The molecule has 1 heterocycles. The van der Waals surface area contributed by atoms with Gasteiger partial charge in [-0.1, -0.05) is 37.3 Å². The molecule has 1 atom stereocenters. The van der Waals surface area contributed by atoms with E-state index < -0.39 is 12.1 Å². The second-order valence-corrected chi connectivity index (χ2v) is 5.60. The van der Waals surface area contributed by atoms with Gasteiger partial charge in [-0.2, -0.15) is 0 Å². The molecular formula is C19H19NO5. The van der Waals surface area contributed by atoms with Crippen molar-refractivity contribution < 1.29 is 23.8 Å². The lowest BCUT2D eigenvalue weighted by Crippen LogP contribution is -2.29. The highest BCUT2D eigenvalue weighted by molar-refractivity contribution is 5.95. The Balaban J connectivity index is 1.62. The van der Waals surface area contributed by atoms with Crippen molar-refractivity contribution >= 4 is 17.6 Å². The summed E-state index contributed by atoms with van der Waals surface area (Å²) in [6, 6.07) is 14.5. The molecule has 3 rings (SSSR count). The van der Waals surface area contributed by atoms with Gasteiger partial charge in [0.25, 0.3) is 5.91 Å². The fraction of sp³-hybridized carbons (Fsp3) is 0.263. The zero-order valence-electron chi connectivity index (χ0n) is 13.9. The zero-order chi connectivity index (χ0) is 17.6. The van der Waals surface area contributed by atoms with Crippen molar-refractivity contribution in [2.45, 2.75) is 26.1 Å². The Labute approximate surface area is 145 Å². The molecule has 1 aliphatic rings. The van der Waals surface area contributed by atoms with E-state index in [-0.39, 0.29) is 19.1 Å². The van der Waals surface area contributed by atoms with Crippen LogP contribution in [-0.4, -0.2) is 24.6 Å². The molecule has 0 fully saturated rings. The summed E-state index contributed by atoms with van der Waals surface area (Å²) in [7, 11) is 0. The Morgan fingerprint density at radius 3 is 2.80 bits per heavy atom. The topological polar surface area (TPSA) is 73.9 Å². The summed E-state index contributed by atoms with van der Waals surface area (Å²) in [5.41, 5.74) is 1.45. The number of amides is 1. The summed E-state index contributed by atoms with van der Waals surface area (Å²) in [5.74, 6) is 0.392. The molecule has 6 nitrogen and oxygen atoms in total. The van der Waals surface area contributed by atoms with Crippen LogP contribution in [0.4, 0.5) is 5.69 Å². The number of hydrogen-bond acceptors (Lipinski definition) is 5. The average molecular weight is 341 g/mol. The summed E-state index contributed by atoms with van der Waals surface area (Å²) in [6.45, 7) is 2.04. The van der Waals surface area contributed by atoms with Crippen LogP contribution in [0.15, 0.2) is 48.5 Å². The van der Waals surface area contributed by atoms with Crippen LogP contribution in [-0.2, 0) is 20.9 Å². The summed E-state index contributed by atoms with van der Waals surface area (Å²) in [5, 5.41) is 2.71. The van der Waals surface area contributed by atoms with E-state index in [1.54, 1.807) is 18.2 Å². The Bertz CT molecular complexity index is 760. The molecule has 0 saturated carbocycles. The van der Waals surface area contributed by atoms with E-state index in [4.69, 9.17) is 14.2 Å². The summed E-state index contributed by atoms with van der Waals surface area (Å²) < 4.78 is 16.4. The number of esters is 1. The molecule has 0 saturated heterocycles. The van der Waals surface area contributed by atoms with Crippen LogP contribution in [0.3, 0.4) is 0 Å². The minimum Gasteiger partial charge on any atom is -0.482 e. The van der Waals surface area contributed by atoms with Gasteiger partial charge in [0.2, 0.25) is 0 Å². The molecule has 2 aromatic rings. The van der Waals surface area contributed by atoms with Gasteiger partial charge >= 0.3 is 5.97 Å². The van der Waals surface area contributed by atoms with Gasteiger partial charge in [0, 0.05) is 6.07 Å². The lowest BCUT2D eigenvalue weighted by atomic mass is 10.2. The van der Waals surface area contributed by atoms with E-state index in [2.05, 4.69) is 5.32 Å². The number of benzene rings is 2. The third-order valence-electron chi connectivity index (χ3n) is 3.72. The number of anilines is 1. The highest BCUT2D eigenvalue weighted by atomic mass is 16.6. The zero-order valence-corrected chi connectivity index (χ0v) is 13.9. The van der Waals surface area contributed by atoms with Gasteiger partial charge in [-0.3, -0.25) is 4.79 Å². The minimum atomic E-state index is -0.720. The molecule has 0 spiro atoms. The molecule has 2 aromatic carbocycles. The van der Waals surface area contributed by atoms with Gasteiger partial charge in [0.1, 0.15) is 18.1 Å². The largest absolute Gasteiger partial charge is 0.482 e. The maximum absolute atomic E-state index is 12.3. The van der Waals surface area contributed by atoms with Gasteiger partial charge in [-0.15, -0.1) is 0 Å². The third-order valence-corrected chi connectivity index (χ3v) is 3.72. The summed E-state index contributed by atoms with van der Waals surface area (Å²) in [4.78, 5) is 23.6. The van der Waals surface area contributed by atoms with Crippen LogP contribution in [0.5, 0.6) is 11.5 Å². The molecule has 0 radical (unpaired) electrons. The van der Waals surface area contributed by atoms with Crippen molar-refractivity contribution in [1.29, 1.82) is 0 Å². The monoisotopic (exact) mass is 341 g/mol. The number of carbonyl (C=O) groups excluding carboxylic acids is 2. The molecule has 6 heteroatoms. The number of nitrogens with one attached hydrogen (secondary N) is 1. The SMILES string of the molecule is CCC(Oc1ccc2c(c1)NC(=O)CO2)C(=O)OCc1ccccc1. The standard InChI is InChI=1S/C19H19NO5/c1-2-16(19(22)24-11-13-6-4-3-5-7-13)25-14-8-9-17-15(10-14)20-18(21)12-23-17/h3-10,16H,2,11-12H2,1H3,(H,20,21). The van der Waals surface area contributed by atoms with Crippen LogP contribution in [0.1, 0.15) is 18.9 Å². The van der Waals surface area contributed by atoms with Crippen molar-refractivity contribution in [3.8, 4) is 11.5 Å². The van der Waals surface area contributed by atoms with Crippen LogP contribution < -0.4 is 14.8 Å². The number of carbonyl (C=O) groups is 2.